The van der Waals surface area contributed by atoms with Crippen LogP contribution in [0.5, 0.6) is 0 Å². The Morgan fingerprint density at radius 1 is 1.45 bits per heavy atom. The molecule has 3 unspecified atom stereocenters. The zero-order chi connectivity index (χ0) is 14.1. The van der Waals surface area contributed by atoms with Crippen LogP contribution in [0.25, 0.3) is 10.2 Å². The molecule has 1 N–H and O–H groups in total. The average Bonchev–Trinajstić information content (AvgIpc) is 2.91. The molecule has 1 aromatic carbocycles. The van der Waals surface area contributed by atoms with Crippen molar-refractivity contribution < 1.29 is 4.79 Å². The number of halogens is 1. The first-order chi connectivity index (χ1) is 9.65. The van der Waals surface area contributed by atoms with Crippen molar-refractivity contribution >= 4 is 39.3 Å². The molecule has 2 aromatic rings. The fourth-order valence-corrected chi connectivity index (χ4v) is 3.56. The van der Waals surface area contributed by atoms with Crippen molar-refractivity contribution in [3.63, 3.8) is 0 Å². The minimum absolute atomic E-state index is 0.0532. The Balaban J connectivity index is 1.75. The summed E-state index contributed by atoms with van der Waals surface area (Å²) in [7, 11) is 0. The van der Waals surface area contributed by atoms with Crippen molar-refractivity contribution in [2.75, 3.05) is 0 Å². The van der Waals surface area contributed by atoms with Crippen LogP contribution in [0.2, 0.25) is 0 Å². The molecule has 6 heteroatoms. The number of nitrogens with one attached hydrogen (secondary N) is 1. The van der Waals surface area contributed by atoms with Crippen molar-refractivity contribution in [1.29, 1.82) is 0 Å². The molecule has 1 aromatic heterocycles. The van der Waals surface area contributed by atoms with E-state index in [9.17, 15) is 4.79 Å². The van der Waals surface area contributed by atoms with Crippen molar-refractivity contribution in [2.45, 2.75) is 37.6 Å². The van der Waals surface area contributed by atoms with E-state index in [0.29, 0.717) is 11.5 Å². The zero-order valence-electron chi connectivity index (χ0n) is 11.2. The Hall–Kier alpha value is -1.20. The number of benzene rings is 1. The topological polar surface area (TPSA) is 54.9 Å². The summed E-state index contributed by atoms with van der Waals surface area (Å²) in [6, 6.07) is 5.66. The summed E-state index contributed by atoms with van der Waals surface area (Å²) in [6.45, 7) is 2.11. The van der Waals surface area contributed by atoms with E-state index in [1.807, 2.05) is 12.1 Å². The van der Waals surface area contributed by atoms with Gasteiger partial charge in [-0.1, -0.05) is 11.4 Å². The molecule has 3 rings (SSSR count). The van der Waals surface area contributed by atoms with Gasteiger partial charge in [-0.05, 0) is 54.9 Å². The van der Waals surface area contributed by atoms with Gasteiger partial charge < -0.3 is 5.32 Å². The minimum atomic E-state index is -0.0532. The van der Waals surface area contributed by atoms with Crippen LogP contribution in [0.4, 0.5) is 0 Å². The molecule has 0 spiro atoms. The highest BCUT2D eigenvalue weighted by Gasteiger charge is 2.29. The standard InChI is InChI=1S/C14H16ClN3OS/c1-8-10(15)3-2-4-11(8)16-14(19)9-5-6-13-12(7-9)17-18-20-13/h5-8,10-11H,2-4H2,1H3,(H,16,19). The molecule has 0 radical (unpaired) electrons. The van der Waals surface area contributed by atoms with Gasteiger partial charge in [0, 0.05) is 17.0 Å². The molecule has 20 heavy (non-hydrogen) atoms. The SMILES string of the molecule is CC1C(Cl)CCCC1NC(=O)c1ccc2snnc2c1. The molecular formula is C14H16ClN3OS. The minimum Gasteiger partial charge on any atom is -0.349 e. The molecule has 1 aliphatic carbocycles. The van der Waals surface area contributed by atoms with Gasteiger partial charge in [0.15, 0.2) is 0 Å². The van der Waals surface area contributed by atoms with Gasteiger partial charge in [0.05, 0.1) is 4.70 Å². The van der Waals surface area contributed by atoms with Gasteiger partial charge in [-0.15, -0.1) is 16.7 Å². The van der Waals surface area contributed by atoms with Crippen LogP contribution >= 0.6 is 23.1 Å². The lowest BCUT2D eigenvalue weighted by Gasteiger charge is -2.33. The Morgan fingerprint density at radius 2 is 2.30 bits per heavy atom. The summed E-state index contributed by atoms with van der Waals surface area (Å²) in [5.41, 5.74) is 1.41. The van der Waals surface area contributed by atoms with E-state index < -0.39 is 0 Å². The van der Waals surface area contributed by atoms with Crippen LogP contribution in [-0.4, -0.2) is 26.9 Å². The van der Waals surface area contributed by atoms with E-state index in [4.69, 9.17) is 11.6 Å². The number of aromatic nitrogens is 2. The summed E-state index contributed by atoms with van der Waals surface area (Å²) in [5.74, 6) is 0.251. The monoisotopic (exact) mass is 309 g/mol. The molecule has 106 valence electrons. The number of rotatable bonds is 2. The maximum absolute atomic E-state index is 12.3. The molecule has 0 aliphatic heterocycles. The fourth-order valence-electron chi connectivity index (χ4n) is 2.69. The van der Waals surface area contributed by atoms with Crippen LogP contribution in [0, 0.1) is 5.92 Å². The summed E-state index contributed by atoms with van der Waals surface area (Å²) < 4.78 is 4.88. The lowest BCUT2D eigenvalue weighted by Crippen LogP contribution is -2.44. The molecule has 1 saturated carbocycles. The average molecular weight is 310 g/mol. The fraction of sp³-hybridized carbons (Fsp3) is 0.500. The first-order valence-corrected chi connectivity index (χ1v) is 8.03. The van der Waals surface area contributed by atoms with Gasteiger partial charge >= 0.3 is 0 Å². The summed E-state index contributed by atoms with van der Waals surface area (Å²) in [4.78, 5) is 12.3. The van der Waals surface area contributed by atoms with E-state index in [0.717, 1.165) is 29.5 Å². The van der Waals surface area contributed by atoms with Gasteiger partial charge in [0.25, 0.3) is 5.91 Å². The smallest absolute Gasteiger partial charge is 0.251 e. The molecule has 1 aliphatic rings. The van der Waals surface area contributed by atoms with Crippen LogP contribution in [0.1, 0.15) is 36.5 Å². The second kappa shape index (κ2) is 5.66. The quantitative estimate of drug-likeness (QED) is 0.867. The predicted octanol–water partition coefficient (Wildman–Crippen LogP) is 3.22. The second-order valence-corrected chi connectivity index (χ2v) is 6.69. The van der Waals surface area contributed by atoms with Crippen molar-refractivity contribution in [3.05, 3.63) is 23.8 Å². The Labute approximate surface area is 126 Å². The van der Waals surface area contributed by atoms with Gasteiger partial charge in [-0.2, -0.15) is 0 Å². The number of fused-ring (bicyclic) bond motifs is 1. The number of alkyl halides is 1. The van der Waals surface area contributed by atoms with Crippen LogP contribution < -0.4 is 5.32 Å². The molecule has 0 bridgehead atoms. The van der Waals surface area contributed by atoms with E-state index in [-0.39, 0.29) is 17.3 Å². The maximum atomic E-state index is 12.3. The highest BCUT2D eigenvalue weighted by Crippen LogP contribution is 2.29. The van der Waals surface area contributed by atoms with Gasteiger partial charge in [-0.25, -0.2) is 0 Å². The lowest BCUT2D eigenvalue weighted by molar-refractivity contribution is 0.0911. The Morgan fingerprint density at radius 3 is 3.15 bits per heavy atom. The van der Waals surface area contributed by atoms with Crippen molar-refractivity contribution in [2.24, 2.45) is 5.92 Å². The molecule has 1 fully saturated rings. The zero-order valence-corrected chi connectivity index (χ0v) is 12.7. The van der Waals surface area contributed by atoms with E-state index >= 15 is 0 Å². The molecular weight excluding hydrogens is 294 g/mol. The third-order valence-electron chi connectivity index (χ3n) is 4.03. The predicted molar refractivity (Wildman–Crippen MR) is 81.3 cm³/mol. The molecule has 1 heterocycles. The summed E-state index contributed by atoms with van der Waals surface area (Å²) >= 11 is 7.62. The van der Waals surface area contributed by atoms with Crippen LogP contribution in [0.15, 0.2) is 18.2 Å². The normalized spacial score (nSPS) is 26.6. The Bertz CT molecular complexity index is 630. The van der Waals surface area contributed by atoms with Crippen molar-refractivity contribution in [3.8, 4) is 0 Å². The van der Waals surface area contributed by atoms with E-state index in [1.54, 1.807) is 6.07 Å². The van der Waals surface area contributed by atoms with Gasteiger partial charge in [0.1, 0.15) is 5.52 Å². The molecule has 4 nitrogen and oxygen atoms in total. The lowest BCUT2D eigenvalue weighted by atomic mass is 9.85. The van der Waals surface area contributed by atoms with E-state index in [2.05, 4.69) is 21.8 Å². The van der Waals surface area contributed by atoms with E-state index in [1.165, 1.54) is 11.5 Å². The first-order valence-electron chi connectivity index (χ1n) is 6.82. The maximum Gasteiger partial charge on any atom is 0.251 e. The molecule has 3 atom stereocenters. The second-order valence-electron chi connectivity index (χ2n) is 5.34. The third kappa shape index (κ3) is 2.65. The largest absolute Gasteiger partial charge is 0.349 e. The van der Waals surface area contributed by atoms with Gasteiger partial charge in [0.2, 0.25) is 0 Å². The van der Waals surface area contributed by atoms with Crippen LogP contribution in [-0.2, 0) is 0 Å². The van der Waals surface area contributed by atoms with Crippen LogP contribution in [0.3, 0.4) is 0 Å². The number of carbonyl (C=O) groups is 1. The first kappa shape index (κ1) is 13.8. The number of hydrogen-bond donors (Lipinski definition) is 1. The summed E-state index contributed by atoms with van der Waals surface area (Å²) in [6.07, 6.45) is 3.10. The molecule has 0 saturated heterocycles. The highest BCUT2D eigenvalue weighted by atomic mass is 35.5. The Kier molecular flexibility index (Phi) is 3.89. The number of carbonyl (C=O) groups excluding carboxylic acids is 1. The highest BCUT2D eigenvalue weighted by molar-refractivity contribution is 7.12. The summed E-state index contributed by atoms with van der Waals surface area (Å²) in [5, 5.41) is 7.26. The number of hydrogen-bond acceptors (Lipinski definition) is 4. The van der Waals surface area contributed by atoms with Crippen molar-refractivity contribution in [1.82, 2.24) is 14.9 Å². The van der Waals surface area contributed by atoms with Gasteiger partial charge in [-0.3, -0.25) is 4.79 Å². The number of amides is 1. The molecule has 1 amide bonds. The number of nitrogens with zero attached hydrogens (tertiary/aromatic N) is 2. The third-order valence-corrected chi connectivity index (χ3v) is 5.35.